The van der Waals surface area contributed by atoms with Crippen molar-refractivity contribution in [1.29, 1.82) is 0 Å². The van der Waals surface area contributed by atoms with Gasteiger partial charge in [-0.15, -0.1) is 0 Å². The maximum Gasteiger partial charge on any atom is 0.166 e. The van der Waals surface area contributed by atoms with Gasteiger partial charge in [0.25, 0.3) is 0 Å². The molecule has 0 unspecified atom stereocenters. The predicted molar refractivity (Wildman–Crippen MR) is 191 cm³/mol. The maximum atomic E-state index is 14.6. The molecule has 6 aromatic carbocycles. The summed E-state index contributed by atoms with van der Waals surface area (Å²) < 4.78 is 20.2. The fourth-order valence-electron chi connectivity index (χ4n) is 5.63. The molecule has 0 N–H and O–H groups in total. The van der Waals surface area contributed by atoms with Crippen LogP contribution in [-0.2, 0) is 12.8 Å². The van der Waals surface area contributed by atoms with Crippen LogP contribution in [0.25, 0.3) is 33.0 Å². The molecule has 0 fully saturated rings. The molecule has 0 aliphatic carbocycles. The van der Waals surface area contributed by atoms with Gasteiger partial charge in [0.05, 0.1) is 6.61 Å². The lowest BCUT2D eigenvalue weighted by molar-refractivity contribution is 0.294. The first kappa shape index (κ1) is 30.9. The number of hydrogen-bond acceptors (Lipinski definition) is 1. The molecule has 6 aromatic rings. The van der Waals surface area contributed by atoms with Crippen LogP contribution in [-0.4, -0.2) is 6.61 Å². The predicted octanol–water partition coefficient (Wildman–Crippen LogP) is 11.3. The molecule has 0 aliphatic rings. The highest BCUT2D eigenvalue weighted by Gasteiger charge is 2.08. The summed E-state index contributed by atoms with van der Waals surface area (Å²) in [5.41, 5.74) is 11.4. The normalized spacial score (nSPS) is 10.9. The molecule has 46 heavy (non-hydrogen) atoms. The van der Waals surface area contributed by atoms with E-state index in [0.717, 1.165) is 47.6 Å². The third-order valence-electron chi connectivity index (χ3n) is 8.54. The largest absolute Gasteiger partial charge is 0.491 e. The van der Waals surface area contributed by atoms with Gasteiger partial charge >= 0.3 is 0 Å². The molecule has 0 bridgehead atoms. The summed E-state index contributed by atoms with van der Waals surface area (Å²) in [7, 11) is 0. The second-order valence-electron chi connectivity index (χ2n) is 12.1. The van der Waals surface area contributed by atoms with E-state index in [1.165, 1.54) is 45.0 Å². The summed E-state index contributed by atoms with van der Waals surface area (Å²) in [6, 6.07) is 42.6. The van der Waals surface area contributed by atoms with E-state index in [9.17, 15) is 4.39 Å². The van der Waals surface area contributed by atoms with Crippen LogP contribution in [0.3, 0.4) is 0 Å². The first-order chi connectivity index (χ1) is 22.4. The number of ether oxygens (including phenoxy) is 1. The zero-order valence-corrected chi connectivity index (χ0v) is 26.9. The molecular weight excluding hydrogens is 563 g/mol. The second-order valence-corrected chi connectivity index (χ2v) is 12.1. The Balaban J connectivity index is 1.09. The standard InChI is InChI=1S/C44H39FO/c1-4-5-26-46-44-27-32(3)39(30-43(44)45)22-14-35-15-23-42-29-41(25-24-40(42)28-35)38-20-12-34(13-21-38)9-8-33-10-18-37(19-11-33)36-16-6-31(2)7-17-36/h6-7,10-13,15-21,23-25,27-30H,4-5,8-9,26H2,1-3H3. The zero-order chi connectivity index (χ0) is 31.9. The van der Waals surface area contributed by atoms with Gasteiger partial charge in [-0.2, -0.15) is 0 Å². The van der Waals surface area contributed by atoms with E-state index in [0.29, 0.717) is 17.9 Å². The maximum absolute atomic E-state index is 14.6. The molecule has 0 saturated heterocycles. The second kappa shape index (κ2) is 14.3. The van der Waals surface area contributed by atoms with Gasteiger partial charge in [0, 0.05) is 11.1 Å². The van der Waals surface area contributed by atoms with E-state index in [1.54, 1.807) is 6.07 Å². The lowest BCUT2D eigenvalue weighted by atomic mass is 9.97. The molecule has 0 atom stereocenters. The zero-order valence-electron chi connectivity index (χ0n) is 26.9. The summed E-state index contributed by atoms with van der Waals surface area (Å²) in [6.07, 6.45) is 3.94. The smallest absolute Gasteiger partial charge is 0.166 e. The van der Waals surface area contributed by atoms with Crippen LogP contribution >= 0.6 is 0 Å². The van der Waals surface area contributed by atoms with E-state index < -0.39 is 0 Å². The molecular formula is C44H39FO. The Kier molecular flexibility index (Phi) is 9.61. The summed E-state index contributed by atoms with van der Waals surface area (Å²) in [5, 5.41) is 2.29. The Bertz CT molecular complexity index is 2010. The summed E-state index contributed by atoms with van der Waals surface area (Å²) in [6.45, 7) is 6.67. The van der Waals surface area contributed by atoms with Gasteiger partial charge < -0.3 is 4.74 Å². The van der Waals surface area contributed by atoms with Crippen molar-refractivity contribution in [3.63, 3.8) is 0 Å². The number of halogens is 1. The van der Waals surface area contributed by atoms with Crippen molar-refractivity contribution in [2.24, 2.45) is 0 Å². The van der Waals surface area contributed by atoms with E-state index in [2.05, 4.69) is 129 Å². The first-order valence-corrected chi connectivity index (χ1v) is 16.2. The van der Waals surface area contributed by atoms with Gasteiger partial charge in [0.15, 0.2) is 11.6 Å². The topological polar surface area (TPSA) is 9.23 Å². The van der Waals surface area contributed by atoms with Crippen molar-refractivity contribution in [3.05, 3.63) is 161 Å². The van der Waals surface area contributed by atoms with E-state index in [4.69, 9.17) is 4.74 Å². The van der Waals surface area contributed by atoms with Crippen LogP contribution in [0.5, 0.6) is 5.75 Å². The number of rotatable bonds is 9. The summed E-state index contributed by atoms with van der Waals surface area (Å²) in [4.78, 5) is 0. The minimum Gasteiger partial charge on any atom is -0.491 e. The van der Waals surface area contributed by atoms with Crippen LogP contribution in [0.1, 0.15) is 53.1 Å². The van der Waals surface area contributed by atoms with Crippen molar-refractivity contribution in [2.75, 3.05) is 6.61 Å². The van der Waals surface area contributed by atoms with Crippen molar-refractivity contribution < 1.29 is 9.13 Å². The summed E-state index contributed by atoms with van der Waals surface area (Å²) in [5.74, 6) is 6.31. The van der Waals surface area contributed by atoms with Crippen LogP contribution in [0.2, 0.25) is 0 Å². The molecule has 1 nitrogen and oxygen atoms in total. The van der Waals surface area contributed by atoms with Crippen molar-refractivity contribution >= 4 is 10.8 Å². The number of hydrogen-bond donors (Lipinski definition) is 0. The number of fused-ring (bicyclic) bond motifs is 1. The molecule has 0 aromatic heterocycles. The van der Waals surface area contributed by atoms with Gasteiger partial charge in [-0.1, -0.05) is 122 Å². The third-order valence-corrected chi connectivity index (χ3v) is 8.54. The average molecular weight is 603 g/mol. The van der Waals surface area contributed by atoms with Crippen LogP contribution < -0.4 is 4.74 Å². The van der Waals surface area contributed by atoms with Crippen molar-refractivity contribution in [3.8, 4) is 39.8 Å². The third kappa shape index (κ3) is 7.56. The highest BCUT2D eigenvalue weighted by Crippen LogP contribution is 2.27. The Morgan fingerprint density at radius 2 is 1.15 bits per heavy atom. The van der Waals surface area contributed by atoms with Gasteiger partial charge in [-0.05, 0) is 113 Å². The summed E-state index contributed by atoms with van der Waals surface area (Å²) >= 11 is 0. The monoisotopic (exact) mass is 602 g/mol. The van der Waals surface area contributed by atoms with Gasteiger partial charge in [0.2, 0.25) is 0 Å². The molecule has 0 spiro atoms. The number of unbranched alkanes of at least 4 members (excludes halogenated alkanes) is 1. The fraction of sp³-hybridized carbons (Fsp3) is 0.182. The Morgan fingerprint density at radius 3 is 1.80 bits per heavy atom. The molecule has 0 saturated carbocycles. The SMILES string of the molecule is CCCCOc1cc(C)c(C#Cc2ccc3cc(-c4ccc(CCc5ccc(-c6ccc(C)cc6)cc5)cc4)ccc3c2)cc1F. The van der Waals surface area contributed by atoms with E-state index in [-0.39, 0.29) is 5.82 Å². The molecule has 0 radical (unpaired) electrons. The number of benzene rings is 6. The Labute approximate surface area is 272 Å². The molecule has 228 valence electrons. The van der Waals surface area contributed by atoms with Gasteiger partial charge in [-0.3, -0.25) is 0 Å². The molecule has 0 amide bonds. The highest BCUT2D eigenvalue weighted by atomic mass is 19.1. The van der Waals surface area contributed by atoms with Crippen LogP contribution in [0.4, 0.5) is 4.39 Å². The van der Waals surface area contributed by atoms with Gasteiger partial charge in [-0.25, -0.2) is 4.39 Å². The highest BCUT2D eigenvalue weighted by molar-refractivity contribution is 5.88. The molecule has 2 heteroatoms. The molecule has 6 rings (SSSR count). The molecule has 0 heterocycles. The van der Waals surface area contributed by atoms with Crippen LogP contribution in [0.15, 0.2) is 121 Å². The van der Waals surface area contributed by atoms with Crippen molar-refractivity contribution in [2.45, 2.75) is 46.5 Å². The lowest BCUT2D eigenvalue weighted by Gasteiger charge is -2.09. The van der Waals surface area contributed by atoms with E-state index in [1.807, 2.05) is 13.0 Å². The fourth-order valence-corrected chi connectivity index (χ4v) is 5.63. The van der Waals surface area contributed by atoms with Crippen LogP contribution in [0, 0.1) is 31.5 Å². The lowest BCUT2D eigenvalue weighted by Crippen LogP contribution is -2.00. The van der Waals surface area contributed by atoms with Crippen molar-refractivity contribution in [1.82, 2.24) is 0 Å². The Hall–Kier alpha value is -5.13. The Morgan fingerprint density at radius 1 is 0.587 bits per heavy atom. The van der Waals surface area contributed by atoms with E-state index >= 15 is 0 Å². The van der Waals surface area contributed by atoms with Gasteiger partial charge in [0.1, 0.15) is 0 Å². The number of aryl methyl sites for hydroxylation is 4. The first-order valence-electron chi connectivity index (χ1n) is 16.2. The average Bonchev–Trinajstić information content (AvgIpc) is 3.09. The molecule has 0 aliphatic heterocycles. The quantitative estimate of drug-likeness (QED) is 0.118. The minimum absolute atomic E-state index is 0.299. The minimum atomic E-state index is -0.367.